The van der Waals surface area contributed by atoms with Gasteiger partial charge in [-0.3, -0.25) is 0 Å². The van der Waals surface area contributed by atoms with Crippen LogP contribution in [0.15, 0.2) is 0 Å². The summed E-state index contributed by atoms with van der Waals surface area (Å²) in [5.41, 5.74) is 5.97. The van der Waals surface area contributed by atoms with Crippen molar-refractivity contribution < 1.29 is 4.74 Å². The molecule has 1 saturated heterocycles. The number of hydrogen-bond donors (Lipinski definition) is 1. The lowest BCUT2D eigenvalue weighted by atomic mass is 9.83. The molecular weight excluding hydrogens is 162 g/mol. The first kappa shape index (κ1) is 9.47. The Labute approximate surface area is 80.8 Å². The maximum Gasteiger partial charge on any atom is 0.0603 e. The van der Waals surface area contributed by atoms with Crippen molar-refractivity contribution in [1.29, 1.82) is 0 Å². The van der Waals surface area contributed by atoms with Crippen LogP contribution in [0.2, 0.25) is 0 Å². The Morgan fingerprint density at radius 2 is 1.77 bits per heavy atom. The van der Waals surface area contributed by atoms with Crippen LogP contribution in [0.3, 0.4) is 0 Å². The first-order valence-electron chi connectivity index (χ1n) is 5.73. The third-order valence-corrected chi connectivity index (χ3v) is 3.55. The van der Waals surface area contributed by atoms with Gasteiger partial charge in [-0.05, 0) is 44.4 Å². The maximum absolute atomic E-state index is 5.97. The lowest BCUT2D eigenvalue weighted by molar-refractivity contribution is -0.0391. The molecule has 1 heterocycles. The van der Waals surface area contributed by atoms with E-state index in [1.807, 2.05) is 0 Å². The van der Waals surface area contributed by atoms with Crippen molar-refractivity contribution in [2.75, 3.05) is 6.61 Å². The fraction of sp³-hybridized carbons (Fsp3) is 1.00. The zero-order valence-electron chi connectivity index (χ0n) is 8.37. The van der Waals surface area contributed by atoms with Gasteiger partial charge in [0.15, 0.2) is 0 Å². The molecule has 2 aliphatic rings. The summed E-state index contributed by atoms with van der Waals surface area (Å²) < 4.78 is 5.81. The largest absolute Gasteiger partial charge is 0.378 e. The van der Waals surface area contributed by atoms with E-state index in [2.05, 4.69) is 0 Å². The van der Waals surface area contributed by atoms with Crippen LogP contribution in [-0.2, 0) is 4.74 Å². The molecule has 1 saturated carbocycles. The molecule has 2 rings (SSSR count). The Bertz CT molecular complexity index is 160. The van der Waals surface area contributed by atoms with Gasteiger partial charge in [-0.25, -0.2) is 0 Å². The minimum Gasteiger partial charge on any atom is -0.378 e. The Morgan fingerprint density at radius 3 is 2.69 bits per heavy atom. The standard InChI is InChI=1S/C11H21NO/c12-10-5-1-3-9-4-2-8-13-11(9)7-6-10/h9-11H,1-8,12H2. The molecule has 2 N–H and O–H groups in total. The van der Waals surface area contributed by atoms with Gasteiger partial charge < -0.3 is 10.5 Å². The van der Waals surface area contributed by atoms with Gasteiger partial charge in [0.25, 0.3) is 0 Å². The van der Waals surface area contributed by atoms with E-state index in [0.717, 1.165) is 12.5 Å². The first-order valence-corrected chi connectivity index (χ1v) is 5.73. The van der Waals surface area contributed by atoms with Crippen LogP contribution in [0.4, 0.5) is 0 Å². The molecule has 0 aromatic carbocycles. The second-order valence-corrected chi connectivity index (χ2v) is 4.58. The van der Waals surface area contributed by atoms with Crippen LogP contribution in [0.5, 0.6) is 0 Å². The average molecular weight is 183 g/mol. The summed E-state index contributed by atoms with van der Waals surface area (Å²) in [5.74, 6) is 0.848. The van der Waals surface area contributed by atoms with Crippen LogP contribution in [0.25, 0.3) is 0 Å². The number of hydrogen-bond acceptors (Lipinski definition) is 2. The fourth-order valence-electron chi connectivity index (χ4n) is 2.72. The molecule has 0 aromatic heterocycles. The van der Waals surface area contributed by atoms with E-state index in [-0.39, 0.29) is 0 Å². The predicted molar refractivity (Wildman–Crippen MR) is 53.5 cm³/mol. The van der Waals surface area contributed by atoms with E-state index in [4.69, 9.17) is 10.5 Å². The third-order valence-electron chi connectivity index (χ3n) is 3.55. The number of fused-ring (bicyclic) bond motifs is 1. The summed E-state index contributed by atoms with van der Waals surface area (Å²) in [6.07, 6.45) is 9.45. The smallest absolute Gasteiger partial charge is 0.0603 e. The molecule has 2 fully saturated rings. The molecule has 3 atom stereocenters. The molecule has 1 aliphatic heterocycles. The van der Waals surface area contributed by atoms with E-state index < -0.39 is 0 Å². The Morgan fingerprint density at radius 1 is 0.923 bits per heavy atom. The summed E-state index contributed by atoms with van der Waals surface area (Å²) in [6.45, 7) is 0.983. The van der Waals surface area contributed by atoms with Crippen molar-refractivity contribution in [3.8, 4) is 0 Å². The minimum atomic E-state index is 0.437. The zero-order chi connectivity index (χ0) is 9.10. The Balaban J connectivity index is 1.90. The molecule has 1 aliphatic carbocycles. The number of rotatable bonds is 0. The van der Waals surface area contributed by atoms with E-state index >= 15 is 0 Å². The van der Waals surface area contributed by atoms with Gasteiger partial charge in [0.2, 0.25) is 0 Å². The van der Waals surface area contributed by atoms with Gasteiger partial charge >= 0.3 is 0 Å². The van der Waals surface area contributed by atoms with Crippen molar-refractivity contribution in [3.05, 3.63) is 0 Å². The van der Waals surface area contributed by atoms with Crippen LogP contribution < -0.4 is 5.73 Å². The third kappa shape index (κ3) is 2.44. The summed E-state index contributed by atoms with van der Waals surface area (Å²) in [7, 11) is 0. The van der Waals surface area contributed by atoms with Crippen molar-refractivity contribution in [2.24, 2.45) is 11.7 Å². The zero-order valence-corrected chi connectivity index (χ0v) is 8.37. The van der Waals surface area contributed by atoms with Gasteiger partial charge in [-0.1, -0.05) is 6.42 Å². The van der Waals surface area contributed by atoms with Gasteiger partial charge in [0.05, 0.1) is 6.10 Å². The molecule has 0 amide bonds. The molecule has 0 aromatic rings. The molecule has 0 bridgehead atoms. The van der Waals surface area contributed by atoms with Crippen LogP contribution in [0.1, 0.15) is 44.9 Å². The van der Waals surface area contributed by atoms with Crippen molar-refractivity contribution in [1.82, 2.24) is 0 Å². The lowest BCUT2D eigenvalue weighted by Gasteiger charge is -2.34. The van der Waals surface area contributed by atoms with E-state index in [1.54, 1.807) is 0 Å². The molecule has 3 unspecified atom stereocenters. The summed E-state index contributed by atoms with van der Waals surface area (Å²) >= 11 is 0. The van der Waals surface area contributed by atoms with Gasteiger partial charge in [0, 0.05) is 12.6 Å². The van der Waals surface area contributed by atoms with Crippen LogP contribution in [0, 0.1) is 5.92 Å². The minimum absolute atomic E-state index is 0.437. The average Bonchev–Trinajstić information content (AvgIpc) is 2.13. The van der Waals surface area contributed by atoms with Crippen molar-refractivity contribution in [2.45, 2.75) is 57.1 Å². The van der Waals surface area contributed by atoms with Crippen molar-refractivity contribution in [3.63, 3.8) is 0 Å². The number of nitrogens with two attached hydrogens (primary N) is 1. The molecule has 2 heteroatoms. The summed E-state index contributed by atoms with van der Waals surface area (Å²) in [5, 5.41) is 0. The molecular formula is C11H21NO. The molecule has 0 spiro atoms. The van der Waals surface area contributed by atoms with E-state index in [0.29, 0.717) is 12.1 Å². The van der Waals surface area contributed by atoms with E-state index in [9.17, 15) is 0 Å². The maximum atomic E-state index is 5.97. The summed E-state index contributed by atoms with van der Waals surface area (Å²) in [4.78, 5) is 0. The van der Waals surface area contributed by atoms with Crippen LogP contribution in [-0.4, -0.2) is 18.8 Å². The molecule has 2 nitrogen and oxygen atoms in total. The van der Waals surface area contributed by atoms with Crippen molar-refractivity contribution >= 4 is 0 Å². The quantitative estimate of drug-likeness (QED) is 0.624. The highest BCUT2D eigenvalue weighted by atomic mass is 16.5. The second kappa shape index (κ2) is 4.43. The van der Waals surface area contributed by atoms with E-state index in [1.165, 1.54) is 44.9 Å². The highest BCUT2D eigenvalue weighted by Crippen LogP contribution is 2.31. The highest BCUT2D eigenvalue weighted by molar-refractivity contribution is 4.79. The van der Waals surface area contributed by atoms with Gasteiger partial charge in [0.1, 0.15) is 0 Å². The molecule has 0 radical (unpaired) electrons. The van der Waals surface area contributed by atoms with Gasteiger partial charge in [-0.15, -0.1) is 0 Å². The SMILES string of the molecule is NC1CCCC2CCCOC2CC1. The fourth-order valence-corrected chi connectivity index (χ4v) is 2.72. The second-order valence-electron chi connectivity index (χ2n) is 4.58. The monoisotopic (exact) mass is 183 g/mol. The number of ether oxygens (including phenoxy) is 1. The topological polar surface area (TPSA) is 35.2 Å². The highest BCUT2D eigenvalue weighted by Gasteiger charge is 2.27. The summed E-state index contributed by atoms with van der Waals surface area (Å²) in [6, 6.07) is 0.437. The Kier molecular flexibility index (Phi) is 3.23. The Hall–Kier alpha value is -0.0800. The normalized spacial score (nSPS) is 41.8. The molecule has 76 valence electrons. The lowest BCUT2D eigenvalue weighted by Crippen LogP contribution is -2.34. The predicted octanol–water partition coefficient (Wildman–Crippen LogP) is 2.07. The van der Waals surface area contributed by atoms with Crippen LogP contribution >= 0.6 is 0 Å². The molecule has 13 heavy (non-hydrogen) atoms. The van der Waals surface area contributed by atoms with Gasteiger partial charge in [-0.2, -0.15) is 0 Å². The first-order chi connectivity index (χ1) is 6.36.